The Morgan fingerprint density at radius 2 is 2.06 bits per heavy atom. The standard InChI is InChI=1S/C13H10BrClO2S/c14-10-4-2-1-3-9(10)7-17-8-11(16)12-5-6-13(15)18-12/h1-6H,7-8H2. The summed E-state index contributed by atoms with van der Waals surface area (Å²) in [7, 11) is 0. The summed E-state index contributed by atoms with van der Waals surface area (Å²) in [5.41, 5.74) is 1.02. The van der Waals surface area contributed by atoms with Gasteiger partial charge in [0.05, 0.1) is 15.8 Å². The average Bonchev–Trinajstić information content (AvgIpc) is 2.78. The zero-order valence-electron chi connectivity index (χ0n) is 9.36. The molecule has 1 aromatic heterocycles. The van der Waals surface area contributed by atoms with E-state index in [1.54, 1.807) is 12.1 Å². The number of halogens is 2. The number of hydrogen-bond donors (Lipinski definition) is 0. The van der Waals surface area contributed by atoms with Crippen LogP contribution in [-0.4, -0.2) is 12.4 Å². The fourth-order valence-electron chi connectivity index (χ4n) is 1.40. The number of rotatable bonds is 5. The molecule has 0 aliphatic carbocycles. The van der Waals surface area contributed by atoms with E-state index in [1.807, 2.05) is 24.3 Å². The molecule has 0 saturated heterocycles. The molecule has 1 heterocycles. The van der Waals surface area contributed by atoms with Crippen molar-refractivity contribution >= 4 is 44.7 Å². The van der Waals surface area contributed by atoms with Gasteiger partial charge in [-0.15, -0.1) is 11.3 Å². The van der Waals surface area contributed by atoms with E-state index in [4.69, 9.17) is 16.3 Å². The maximum absolute atomic E-state index is 11.7. The van der Waals surface area contributed by atoms with Crippen LogP contribution in [0.15, 0.2) is 40.9 Å². The van der Waals surface area contributed by atoms with Crippen LogP contribution >= 0.6 is 38.9 Å². The Morgan fingerprint density at radius 1 is 1.28 bits per heavy atom. The van der Waals surface area contributed by atoms with E-state index in [9.17, 15) is 4.79 Å². The van der Waals surface area contributed by atoms with E-state index >= 15 is 0 Å². The SMILES string of the molecule is O=C(COCc1ccccc1Br)c1ccc(Cl)s1. The molecule has 0 unspecified atom stereocenters. The molecule has 0 atom stereocenters. The van der Waals surface area contributed by atoms with Crippen molar-refractivity contribution in [3.8, 4) is 0 Å². The van der Waals surface area contributed by atoms with Gasteiger partial charge in [0.25, 0.3) is 0 Å². The van der Waals surface area contributed by atoms with Crippen molar-refractivity contribution in [3.63, 3.8) is 0 Å². The fraction of sp³-hybridized carbons (Fsp3) is 0.154. The molecular weight excluding hydrogens is 336 g/mol. The molecule has 0 N–H and O–H groups in total. The molecule has 0 aliphatic heterocycles. The summed E-state index contributed by atoms with van der Waals surface area (Å²) < 4.78 is 7.01. The molecule has 0 saturated carbocycles. The molecule has 94 valence electrons. The highest BCUT2D eigenvalue weighted by Gasteiger charge is 2.09. The smallest absolute Gasteiger partial charge is 0.198 e. The van der Waals surface area contributed by atoms with Crippen LogP contribution in [0.5, 0.6) is 0 Å². The Morgan fingerprint density at radius 3 is 2.72 bits per heavy atom. The monoisotopic (exact) mass is 344 g/mol. The molecule has 0 amide bonds. The van der Waals surface area contributed by atoms with Gasteiger partial charge in [-0.2, -0.15) is 0 Å². The predicted octanol–water partition coefficient (Wildman–Crippen LogP) is 4.56. The normalized spacial score (nSPS) is 10.6. The molecular formula is C13H10BrClO2S. The Bertz CT molecular complexity index is 553. The van der Waals surface area contributed by atoms with Gasteiger partial charge in [0.15, 0.2) is 5.78 Å². The van der Waals surface area contributed by atoms with Gasteiger partial charge in [-0.25, -0.2) is 0 Å². The number of Topliss-reactive ketones (excluding diaryl/α,β-unsaturated/α-hetero) is 1. The van der Waals surface area contributed by atoms with E-state index in [1.165, 1.54) is 11.3 Å². The number of carbonyl (C=O) groups excluding carboxylic acids is 1. The highest BCUT2D eigenvalue weighted by Crippen LogP contribution is 2.22. The van der Waals surface area contributed by atoms with Crippen LogP contribution in [0.25, 0.3) is 0 Å². The van der Waals surface area contributed by atoms with Gasteiger partial charge in [0.2, 0.25) is 0 Å². The molecule has 5 heteroatoms. The molecule has 0 fully saturated rings. The summed E-state index contributed by atoms with van der Waals surface area (Å²) >= 11 is 10.5. The second kappa shape index (κ2) is 6.48. The van der Waals surface area contributed by atoms with Crippen molar-refractivity contribution in [1.82, 2.24) is 0 Å². The summed E-state index contributed by atoms with van der Waals surface area (Å²) in [5.74, 6) is -0.0426. The van der Waals surface area contributed by atoms with Crippen LogP contribution in [0.4, 0.5) is 0 Å². The van der Waals surface area contributed by atoms with Crippen LogP contribution in [-0.2, 0) is 11.3 Å². The highest BCUT2D eigenvalue weighted by molar-refractivity contribution is 9.10. The first-order chi connectivity index (χ1) is 8.66. The second-order valence-electron chi connectivity index (χ2n) is 3.61. The van der Waals surface area contributed by atoms with Gasteiger partial charge in [-0.1, -0.05) is 45.7 Å². The van der Waals surface area contributed by atoms with Crippen LogP contribution in [0.2, 0.25) is 4.34 Å². The lowest BCUT2D eigenvalue weighted by atomic mass is 10.2. The summed E-state index contributed by atoms with van der Waals surface area (Å²) in [4.78, 5) is 12.4. The number of hydrogen-bond acceptors (Lipinski definition) is 3. The maximum Gasteiger partial charge on any atom is 0.198 e. The first kappa shape index (κ1) is 13.7. The molecule has 2 rings (SSSR count). The molecule has 1 aromatic carbocycles. The third kappa shape index (κ3) is 3.65. The van der Waals surface area contributed by atoms with E-state index in [0.29, 0.717) is 15.8 Å². The minimum Gasteiger partial charge on any atom is -0.369 e. The number of benzene rings is 1. The molecule has 0 spiro atoms. The highest BCUT2D eigenvalue weighted by atomic mass is 79.9. The second-order valence-corrected chi connectivity index (χ2v) is 6.18. The predicted molar refractivity (Wildman–Crippen MR) is 77.5 cm³/mol. The van der Waals surface area contributed by atoms with Crippen LogP contribution < -0.4 is 0 Å². The molecule has 0 aliphatic rings. The summed E-state index contributed by atoms with van der Waals surface area (Å²) in [6, 6.07) is 11.2. The topological polar surface area (TPSA) is 26.3 Å². The third-order valence-electron chi connectivity index (χ3n) is 2.30. The Balaban J connectivity index is 1.86. The molecule has 18 heavy (non-hydrogen) atoms. The van der Waals surface area contributed by atoms with Crippen LogP contribution in [0.1, 0.15) is 15.2 Å². The number of ether oxygens (including phenoxy) is 1. The van der Waals surface area contributed by atoms with Crippen molar-refractivity contribution in [1.29, 1.82) is 0 Å². The van der Waals surface area contributed by atoms with Gasteiger partial charge in [0.1, 0.15) is 6.61 Å². The lowest BCUT2D eigenvalue weighted by Gasteiger charge is -2.04. The summed E-state index contributed by atoms with van der Waals surface area (Å²) in [5, 5.41) is 0. The minimum absolute atomic E-state index is 0.0426. The lowest BCUT2D eigenvalue weighted by molar-refractivity contribution is 0.0729. The zero-order valence-corrected chi connectivity index (χ0v) is 12.5. The van der Waals surface area contributed by atoms with Crippen molar-refractivity contribution in [2.45, 2.75) is 6.61 Å². The lowest BCUT2D eigenvalue weighted by Crippen LogP contribution is -2.07. The minimum atomic E-state index is -0.0426. The molecule has 0 bridgehead atoms. The van der Waals surface area contributed by atoms with Crippen LogP contribution in [0, 0.1) is 0 Å². The van der Waals surface area contributed by atoms with E-state index in [-0.39, 0.29) is 12.4 Å². The fourth-order valence-corrected chi connectivity index (χ4v) is 2.77. The zero-order chi connectivity index (χ0) is 13.0. The van der Waals surface area contributed by atoms with Gasteiger partial charge in [-0.05, 0) is 23.8 Å². The number of thiophene rings is 1. The maximum atomic E-state index is 11.7. The molecule has 2 aromatic rings. The van der Waals surface area contributed by atoms with Crippen molar-refractivity contribution in [2.75, 3.05) is 6.61 Å². The largest absolute Gasteiger partial charge is 0.369 e. The molecule has 0 radical (unpaired) electrons. The Kier molecular flexibility index (Phi) is 4.95. The van der Waals surface area contributed by atoms with E-state index in [0.717, 1.165) is 10.0 Å². The Labute approximate surface area is 123 Å². The summed E-state index contributed by atoms with van der Waals surface area (Å²) in [6.07, 6.45) is 0. The number of ketones is 1. The van der Waals surface area contributed by atoms with Gasteiger partial charge >= 0.3 is 0 Å². The van der Waals surface area contributed by atoms with Gasteiger partial charge in [-0.3, -0.25) is 4.79 Å². The van der Waals surface area contributed by atoms with E-state index in [2.05, 4.69) is 15.9 Å². The van der Waals surface area contributed by atoms with Crippen LogP contribution in [0.3, 0.4) is 0 Å². The van der Waals surface area contributed by atoms with Crippen molar-refractivity contribution in [2.24, 2.45) is 0 Å². The van der Waals surface area contributed by atoms with Crippen molar-refractivity contribution < 1.29 is 9.53 Å². The number of carbonyl (C=O) groups is 1. The van der Waals surface area contributed by atoms with Gasteiger partial charge in [0, 0.05) is 4.47 Å². The van der Waals surface area contributed by atoms with Crippen molar-refractivity contribution in [3.05, 3.63) is 55.6 Å². The first-order valence-corrected chi connectivity index (χ1v) is 7.25. The first-order valence-electron chi connectivity index (χ1n) is 5.26. The summed E-state index contributed by atoms with van der Waals surface area (Å²) in [6.45, 7) is 0.477. The quantitative estimate of drug-likeness (QED) is 0.742. The third-order valence-corrected chi connectivity index (χ3v) is 4.34. The molecule has 2 nitrogen and oxygen atoms in total. The van der Waals surface area contributed by atoms with E-state index < -0.39 is 0 Å². The van der Waals surface area contributed by atoms with Gasteiger partial charge < -0.3 is 4.74 Å². The Hall–Kier alpha value is -0.680. The average molecular weight is 346 g/mol.